The Hall–Kier alpha value is -0.650. The number of nitrogens with one attached hydrogen (secondary N) is 2. The maximum atomic E-state index is 11.7. The molecule has 0 radical (unpaired) electrons. The molecule has 0 aliphatic heterocycles. The molecule has 0 saturated carbocycles. The summed E-state index contributed by atoms with van der Waals surface area (Å²) in [5, 5.41) is 14.6. The molecule has 1 amide bonds. The predicted octanol–water partition coefficient (Wildman–Crippen LogP) is 0.526. The molecule has 0 aliphatic rings. The number of aliphatic hydroxyl groups is 1. The number of amides is 1. The van der Waals surface area contributed by atoms with Gasteiger partial charge < -0.3 is 20.5 Å². The van der Waals surface area contributed by atoms with Crippen LogP contribution in [0.4, 0.5) is 0 Å². The van der Waals surface area contributed by atoms with E-state index in [2.05, 4.69) is 24.5 Å². The second kappa shape index (κ2) is 11.4. The Bertz CT molecular complexity index is 210. The van der Waals surface area contributed by atoms with Crippen LogP contribution in [0.15, 0.2) is 0 Å². The summed E-state index contributed by atoms with van der Waals surface area (Å²) in [6.45, 7) is 8.66. The van der Waals surface area contributed by atoms with Crippen molar-refractivity contribution < 1.29 is 14.6 Å². The minimum absolute atomic E-state index is 0.0481. The van der Waals surface area contributed by atoms with Gasteiger partial charge in [-0.15, -0.1) is 0 Å². The number of hydrogen-bond acceptors (Lipinski definition) is 4. The van der Waals surface area contributed by atoms with Crippen LogP contribution in [0.3, 0.4) is 0 Å². The largest absolute Gasteiger partial charge is 0.394 e. The maximum Gasteiger partial charge on any atom is 0.236 e. The SMILES string of the molecule is CC(C)CCNC(=O)C(C)NCCCOCCO. The van der Waals surface area contributed by atoms with E-state index in [4.69, 9.17) is 9.84 Å². The molecule has 0 saturated heterocycles. The molecule has 5 nitrogen and oxygen atoms in total. The molecular formula is C13H28N2O3. The second-order valence-corrected chi connectivity index (χ2v) is 4.84. The van der Waals surface area contributed by atoms with E-state index in [0.717, 1.165) is 25.9 Å². The number of ether oxygens (including phenoxy) is 1. The zero-order chi connectivity index (χ0) is 13.8. The summed E-state index contributed by atoms with van der Waals surface area (Å²) in [6, 6.07) is -0.171. The summed E-state index contributed by atoms with van der Waals surface area (Å²) in [6.07, 6.45) is 1.84. The van der Waals surface area contributed by atoms with E-state index in [0.29, 0.717) is 19.1 Å². The van der Waals surface area contributed by atoms with Gasteiger partial charge in [-0.2, -0.15) is 0 Å². The first-order valence-electron chi connectivity index (χ1n) is 6.77. The Labute approximate surface area is 110 Å². The van der Waals surface area contributed by atoms with Crippen molar-refractivity contribution in [1.29, 1.82) is 0 Å². The highest BCUT2D eigenvalue weighted by Gasteiger charge is 2.10. The van der Waals surface area contributed by atoms with Crippen LogP contribution in [0.2, 0.25) is 0 Å². The van der Waals surface area contributed by atoms with Gasteiger partial charge in [-0.3, -0.25) is 4.79 Å². The number of aliphatic hydroxyl groups excluding tert-OH is 1. The van der Waals surface area contributed by atoms with Gasteiger partial charge in [0.15, 0.2) is 0 Å². The molecule has 0 aromatic heterocycles. The van der Waals surface area contributed by atoms with Gasteiger partial charge in [-0.1, -0.05) is 13.8 Å². The summed E-state index contributed by atoms with van der Waals surface area (Å²) in [5.74, 6) is 0.657. The van der Waals surface area contributed by atoms with E-state index in [9.17, 15) is 4.79 Å². The summed E-state index contributed by atoms with van der Waals surface area (Å²) in [4.78, 5) is 11.7. The molecule has 1 unspecified atom stereocenters. The van der Waals surface area contributed by atoms with E-state index in [1.807, 2.05) is 6.92 Å². The van der Waals surface area contributed by atoms with Crippen LogP contribution in [0.1, 0.15) is 33.6 Å². The van der Waals surface area contributed by atoms with Gasteiger partial charge in [0.05, 0.1) is 19.3 Å². The topological polar surface area (TPSA) is 70.6 Å². The Morgan fingerprint density at radius 1 is 1.22 bits per heavy atom. The third-order valence-electron chi connectivity index (χ3n) is 2.57. The lowest BCUT2D eigenvalue weighted by molar-refractivity contribution is -0.122. The predicted molar refractivity (Wildman–Crippen MR) is 72.5 cm³/mol. The van der Waals surface area contributed by atoms with Crippen molar-refractivity contribution in [3.63, 3.8) is 0 Å². The summed E-state index contributed by atoms with van der Waals surface area (Å²) < 4.78 is 5.13. The lowest BCUT2D eigenvalue weighted by atomic mass is 10.1. The van der Waals surface area contributed by atoms with Crippen LogP contribution in [0, 0.1) is 5.92 Å². The first-order valence-corrected chi connectivity index (χ1v) is 6.77. The van der Waals surface area contributed by atoms with Crippen LogP contribution in [-0.4, -0.2) is 50.0 Å². The van der Waals surface area contributed by atoms with Crippen molar-refractivity contribution in [3.8, 4) is 0 Å². The van der Waals surface area contributed by atoms with E-state index >= 15 is 0 Å². The van der Waals surface area contributed by atoms with Crippen LogP contribution in [0.25, 0.3) is 0 Å². The number of carbonyl (C=O) groups is 1. The molecule has 0 bridgehead atoms. The van der Waals surface area contributed by atoms with E-state index in [1.54, 1.807) is 0 Å². The molecule has 3 N–H and O–H groups in total. The fourth-order valence-corrected chi connectivity index (χ4v) is 1.39. The Morgan fingerprint density at radius 2 is 1.94 bits per heavy atom. The molecule has 0 heterocycles. The molecule has 5 heteroatoms. The van der Waals surface area contributed by atoms with Crippen molar-refractivity contribution in [2.75, 3.05) is 32.9 Å². The van der Waals surface area contributed by atoms with Gasteiger partial charge in [0, 0.05) is 13.2 Å². The molecule has 1 atom stereocenters. The standard InChI is InChI=1S/C13H28N2O3/c1-11(2)5-7-15-13(17)12(3)14-6-4-9-18-10-8-16/h11-12,14,16H,4-10H2,1-3H3,(H,15,17). The van der Waals surface area contributed by atoms with Gasteiger partial charge in [0.2, 0.25) is 5.91 Å². The molecule has 0 spiro atoms. The maximum absolute atomic E-state index is 11.7. The molecule has 0 aliphatic carbocycles. The summed E-state index contributed by atoms with van der Waals surface area (Å²) in [7, 11) is 0. The highest BCUT2D eigenvalue weighted by molar-refractivity contribution is 5.81. The minimum atomic E-state index is -0.171. The third-order valence-corrected chi connectivity index (χ3v) is 2.57. The molecule has 0 aromatic rings. The zero-order valence-electron chi connectivity index (χ0n) is 11.9. The fraction of sp³-hybridized carbons (Fsp3) is 0.923. The average molecular weight is 260 g/mol. The number of rotatable bonds is 11. The number of carbonyl (C=O) groups excluding carboxylic acids is 1. The molecule has 0 rings (SSSR count). The molecule has 0 fully saturated rings. The van der Waals surface area contributed by atoms with Crippen molar-refractivity contribution in [3.05, 3.63) is 0 Å². The average Bonchev–Trinajstić information content (AvgIpc) is 2.32. The normalized spacial score (nSPS) is 12.7. The van der Waals surface area contributed by atoms with Crippen LogP contribution in [0.5, 0.6) is 0 Å². The van der Waals surface area contributed by atoms with Crippen LogP contribution in [-0.2, 0) is 9.53 Å². The Kier molecular flexibility index (Phi) is 11.0. The first-order chi connectivity index (χ1) is 8.57. The van der Waals surface area contributed by atoms with Crippen LogP contribution >= 0.6 is 0 Å². The second-order valence-electron chi connectivity index (χ2n) is 4.84. The van der Waals surface area contributed by atoms with Gasteiger partial charge in [0.25, 0.3) is 0 Å². The van der Waals surface area contributed by atoms with Crippen molar-refractivity contribution in [1.82, 2.24) is 10.6 Å². The van der Waals surface area contributed by atoms with Gasteiger partial charge in [0.1, 0.15) is 0 Å². The minimum Gasteiger partial charge on any atom is -0.394 e. The molecule has 18 heavy (non-hydrogen) atoms. The first kappa shape index (κ1) is 17.4. The van der Waals surface area contributed by atoms with Gasteiger partial charge >= 0.3 is 0 Å². The van der Waals surface area contributed by atoms with Crippen LogP contribution < -0.4 is 10.6 Å². The monoisotopic (exact) mass is 260 g/mol. The highest BCUT2D eigenvalue weighted by atomic mass is 16.5. The summed E-state index contributed by atoms with van der Waals surface area (Å²) >= 11 is 0. The molecule has 108 valence electrons. The molecular weight excluding hydrogens is 232 g/mol. The van der Waals surface area contributed by atoms with Crippen molar-refractivity contribution in [2.45, 2.75) is 39.7 Å². The van der Waals surface area contributed by atoms with E-state index in [-0.39, 0.29) is 18.6 Å². The van der Waals surface area contributed by atoms with Gasteiger partial charge in [-0.05, 0) is 32.2 Å². The smallest absolute Gasteiger partial charge is 0.236 e. The lowest BCUT2D eigenvalue weighted by Crippen LogP contribution is -2.43. The van der Waals surface area contributed by atoms with E-state index in [1.165, 1.54) is 0 Å². The number of hydrogen-bond donors (Lipinski definition) is 3. The Balaban J connectivity index is 3.44. The lowest BCUT2D eigenvalue weighted by Gasteiger charge is -2.14. The van der Waals surface area contributed by atoms with Crippen molar-refractivity contribution >= 4 is 5.91 Å². The van der Waals surface area contributed by atoms with E-state index < -0.39 is 0 Å². The van der Waals surface area contributed by atoms with Crippen molar-refractivity contribution in [2.24, 2.45) is 5.92 Å². The fourth-order valence-electron chi connectivity index (χ4n) is 1.39. The molecule has 0 aromatic carbocycles. The summed E-state index contributed by atoms with van der Waals surface area (Å²) in [5.41, 5.74) is 0. The van der Waals surface area contributed by atoms with Gasteiger partial charge in [-0.25, -0.2) is 0 Å². The highest BCUT2D eigenvalue weighted by Crippen LogP contribution is 1.96. The third kappa shape index (κ3) is 10.5. The zero-order valence-corrected chi connectivity index (χ0v) is 11.9. The Morgan fingerprint density at radius 3 is 2.56 bits per heavy atom. The quantitative estimate of drug-likeness (QED) is 0.474.